The Kier molecular flexibility index (Phi) is 5.36. The number of hydrogen-bond acceptors (Lipinski definition) is 2. The Morgan fingerprint density at radius 3 is 2.60 bits per heavy atom. The van der Waals surface area contributed by atoms with Crippen molar-refractivity contribution < 1.29 is 4.79 Å². The molecule has 1 aliphatic heterocycles. The minimum atomic E-state index is -0.175. The largest absolute Gasteiger partial charge is 0.341 e. The molecular formula is C17H24N2O. The number of likely N-dealkylation sites (tertiary alicyclic amines) is 1. The van der Waals surface area contributed by atoms with Crippen LogP contribution in [0, 0.1) is 5.92 Å². The first kappa shape index (κ1) is 14.8. The summed E-state index contributed by atoms with van der Waals surface area (Å²) in [6, 6.07) is 10.0. The van der Waals surface area contributed by atoms with Crippen LogP contribution in [-0.2, 0) is 11.3 Å². The molecule has 0 aromatic heterocycles. The van der Waals surface area contributed by atoms with E-state index >= 15 is 0 Å². The average Bonchev–Trinajstić information content (AvgIpc) is 3.02. The predicted molar refractivity (Wildman–Crippen MR) is 82.2 cm³/mol. The summed E-state index contributed by atoms with van der Waals surface area (Å²) in [5, 5.41) is 3.40. The second-order valence-electron chi connectivity index (χ2n) is 5.47. The Morgan fingerprint density at radius 1 is 1.35 bits per heavy atom. The van der Waals surface area contributed by atoms with Gasteiger partial charge in [-0.3, -0.25) is 4.79 Å². The SMILES string of the molecule is C=C[C@H](C)[C@H](NCc1ccccc1)C(=O)N1CCCC1. The van der Waals surface area contributed by atoms with Gasteiger partial charge in [0, 0.05) is 19.6 Å². The molecule has 0 aliphatic carbocycles. The second kappa shape index (κ2) is 7.25. The molecule has 20 heavy (non-hydrogen) atoms. The molecule has 0 bridgehead atoms. The summed E-state index contributed by atoms with van der Waals surface area (Å²) in [5.41, 5.74) is 1.20. The van der Waals surface area contributed by atoms with Crippen molar-refractivity contribution in [2.45, 2.75) is 32.4 Å². The van der Waals surface area contributed by atoms with Crippen molar-refractivity contribution in [1.82, 2.24) is 10.2 Å². The van der Waals surface area contributed by atoms with Crippen LogP contribution in [0.25, 0.3) is 0 Å². The normalized spacial score (nSPS) is 17.8. The van der Waals surface area contributed by atoms with Crippen molar-refractivity contribution >= 4 is 5.91 Å². The van der Waals surface area contributed by atoms with Crippen molar-refractivity contribution in [2.75, 3.05) is 13.1 Å². The molecule has 0 spiro atoms. The number of carbonyl (C=O) groups excluding carboxylic acids is 1. The van der Waals surface area contributed by atoms with Crippen molar-refractivity contribution in [3.05, 3.63) is 48.6 Å². The average molecular weight is 272 g/mol. The molecule has 0 saturated carbocycles. The summed E-state index contributed by atoms with van der Waals surface area (Å²) in [6.07, 6.45) is 4.11. The number of nitrogens with one attached hydrogen (secondary N) is 1. The zero-order valence-corrected chi connectivity index (χ0v) is 12.2. The molecule has 1 aromatic carbocycles. The predicted octanol–water partition coefficient (Wildman–Crippen LogP) is 2.59. The molecule has 3 nitrogen and oxygen atoms in total. The van der Waals surface area contributed by atoms with E-state index in [0.717, 1.165) is 25.9 Å². The molecule has 2 rings (SSSR count). The summed E-state index contributed by atoms with van der Waals surface area (Å²) in [5.74, 6) is 0.345. The third-order valence-electron chi connectivity index (χ3n) is 3.95. The quantitative estimate of drug-likeness (QED) is 0.807. The molecule has 1 N–H and O–H groups in total. The van der Waals surface area contributed by atoms with E-state index in [2.05, 4.69) is 24.0 Å². The Labute approximate surface area is 121 Å². The van der Waals surface area contributed by atoms with Gasteiger partial charge in [0.2, 0.25) is 5.91 Å². The van der Waals surface area contributed by atoms with Gasteiger partial charge in [0.25, 0.3) is 0 Å². The molecule has 1 aromatic rings. The van der Waals surface area contributed by atoms with Gasteiger partial charge in [0.15, 0.2) is 0 Å². The number of nitrogens with zero attached hydrogens (tertiary/aromatic N) is 1. The third kappa shape index (κ3) is 3.70. The summed E-state index contributed by atoms with van der Waals surface area (Å²) in [4.78, 5) is 14.6. The summed E-state index contributed by atoms with van der Waals surface area (Å²) in [6.45, 7) is 8.38. The maximum Gasteiger partial charge on any atom is 0.240 e. The van der Waals surface area contributed by atoms with Crippen molar-refractivity contribution in [3.8, 4) is 0 Å². The van der Waals surface area contributed by atoms with E-state index in [1.165, 1.54) is 5.56 Å². The van der Waals surface area contributed by atoms with E-state index in [1.54, 1.807) is 0 Å². The van der Waals surface area contributed by atoms with Crippen LogP contribution in [0.15, 0.2) is 43.0 Å². The van der Waals surface area contributed by atoms with E-state index in [1.807, 2.05) is 36.1 Å². The van der Waals surface area contributed by atoms with Crippen molar-refractivity contribution in [3.63, 3.8) is 0 Å². The Bertz CT molecular complexity index is 438. The lowest BCUT2D eigenvalue weighted by molar-refractivity contribution is -0.133. The first-order valence-electron chi connectivity index (χ1n) is 7.41. The fourth-order valence-corrected chi connectivity index (χ4v) is 2.59. The topological polar surface area (TPSA) is 32.3 Å². The Balaban J connectivity index is 1.99. The minimum Gasteiger partial charge on any atom is -0.341 e. The van der Waals surface area contributed by atoms with Gasteiger partial charge in [-0.2, -0.15) is 0 Å². The van der Waals surface area contributed by atoms with E-state index in [-0.39, 0.29) is 17.9 Å². The number of benzene rings is 1. The fourth-order valence-electron chi connectivity index (χ4n) is 2.59. The van der Waals surface area contributed by atoms with Crippen LogP contribution < -0.4 is 5.32 Å². The first-order valence-corrected chi connectivity index (χ1v) is 7.41. The van der Waals surface area contributed by atoms with Crippen LogP contribution >= 0.6 is 0 Å². The molecule has 1 heterocycles. The highest BCUT2D eigenvalue weighted by atomic mass is 16.2. The molecule has 3 heteroatoms. The molecular weight excluding hydrogens is 248 g/mol. The van der Waals surface area contributed by atoms with Crippen LogP contribution in [0.4, 0.5) is 0 Å². The van der Waals surface area contributed by atoms with Gasteiger partial charge >= 0.3 is 0 Å². The fraction of sp³-hybridized carbons (Fsp3) is 0.471. The van der Waals surface area contributed by atoms with E-state index in [4.69, 9.17) is 0 Å². The Hall–Kier alpha value is -1.61. The molecule has 0 unspecified atom stereocenters. The van der Waals surface area contributed by atoms with Gasteiger partial charge in [-0.15, -0.1) is 6.58 Å². The molecule has 1 aliphatic rings. The summed E-state index contributed by atoms with van der Waals surface area (Å²) < 4.78 is 0. The van der Waals surface area contributed by atoms with Crippen LogP contribution in [0.3, 0.4) is 0 Å². The highest BCUT2D eigenvalue weighted by Crippen LogP contribution is 2.14. The van der Waals surface area contributed by atoms with Crippen LogP contribution in [0.5, 0.6) is 0 Å². The highest BCUT2D eigenvalue weighted by Gasteiger charge is 2.28. The maximum atomic E-state index is 12.6. The van der Waals surface area contributed by atoms with Crippen molar-refractivity contribution in [2.24, 2.45) is 5.92 Å². The Morgan fingerprint density at radius 2 is 2.00 bits per heavy atom. The minimum absolute atomic E-state index is 0.131. The highest BCUT2D eigenvalue weighted by molar-refractivity contribution is 5.82. The van der Waals surface area contributed by atoms with E-state index < -0.39 is 0 Å². The van der Waals surface area contributed by atoms with Gasteiger partial charge < -0.3 is 10.2 Å². The number of rotatable bonds is 6. The van der Waals surface area contributed by atoms with Gasteiger partial charge in [-0.1, -0.05) is 43.3 Å². The molecule has 1 amide bonds. The van der Waals surface area contributed by atoms with Gasteiger partial charge in [0.05, 0.1) is 6.04 Å². The summed E-state index contributed by atoms with van der Waals surface area (Å²) >= 11 is 0. The van der Waals surface area contributed by atoms with Crippen LogP contribution in [0.2, 0.25) is 0 Å². The maximum absolute atomic E-state index is 12.6. The zero-order valence-electron chi connectivity index (χ0n) is 12.2. The lowest BCUT2D eigenvalue weighted by Crippen LogP contribution is -2.48. The van der Waals surface area contributed by atoms with Crippen molar-refractivity contribution in [1.29, 1.82) is 0 Å². The molecule has 2 atom stereocenters. The molecule has 0 radical (unpaired) electrons. The van der Waals surface area contributed by atoms with Crippen LogP contribution in [-0.4, -0.2) is 29.9 Å². The lowest BCUT2D eigenvalue weighted by Gasteiger charge is -2.27. The number of carbonyl (C=O) groups is 1. The first-order chi connectivity index (χ1) is 9.72. The third-order valence-corrected chi connectivity index (χ3v) is 3.95. The number of hydrogen-bond donors (Lipinski definition) is 1. The molecule has 1 saturated heterocycles. The summed E-state index contributed by atoms with van der Waals surface area (Å²) in [7, 11) is 0. The second-order valence-corrected chi connectivity index (χ2v) is 5.47. The number of amides is 1. The zero-order chi connectivity index (χ0) is 14.4. The standard InChI is InChI=1S/C17H24N2O/c1-3-14(2)16(17(20)19-11-7-8-12-19)18-13-15-9-5-4-6-10-15/h3-6,9-10,14,16,18H,1,7-8,11-13H2,2H3/t14-,16-/m0/s1. The van der Waals surface area contributed by atoms with Crippen LogP contribution in [0.1, 0.15) is 25.3 Å². The van der Waals surface area contributed by atoms with E-state index in [9.17, 15) is 4.79 Å². The molecule has 108 valence electrons. The van der Waals surface area contributed by atoms with Gasteiger partial charge in [-0.05, 0) is 24.3 Å². The smallest absolute Gasteiger partial charge is 0.240 e. The lowest BCUT2D eigenvalue weighted by atomic mass is 10.0. The van der Waals surface area contributed by atoms with Gasteiger partial charge in [0.1, 0.15) is 0 Å². The monoisotopic (exact) mass is 272 g/mol. The molecule has 1 fully saturated rings. The van der Waals surface area contributed by atoms with E-state index in [0.29, 0.717) is 6.54 Å². The van der Waals surface area contributed by atoms with Gasteiger partial charge in [-0.25, -0.2) is 0 Å².